The van der Waals surface area contributed by atoms with Crippen molar-refractivity contribution in [2.45, 2.75) is 9.79 Å². The number of para-hydroxylation sites is 2. The SMILES string of the molecule is COc1ccccc1SCCS(=O)(=O)c1ccccc1O. The van der Waals surface area contributed by atoms with Gasteiger partial charge in [-0.3, -0.25) is 0 Å². The van der Waals surface area contributed by atoms with Gasteiger partial charge in [-0.05, 0) is 24.3 Å². The van der Waals surface area contributed by atoms with Crippen molar-refractivity contribution in [2.24, 2.45) is 0 Å². The standard InChI is InChI=1S/C15H16O4S2/c1-19-13-7-3-4-8-14(13)20-10-11-21(17,18)15-9-5-2-6-12(15)16/h2-9,16H,10-11H2,1H3. The number of aromatic hydroxyl groups is 1. The molecule has 0 bridgehead atoms. The lowest BCUT2D eigenvalue weighted by Gasteiger charge is -2.08. The highest BCUT2D eigenvalue weighted by Crippen LogP contribution is 2.30. The molecule has 2 rings (SSSR count). The lowest BCUT2D eigenvalue weighted by molar-refractivity contribution is 0.405. The summed E-state index contributed by atoms with van der Waals surface area (Å²) in [5.74, 6) is 0.854. The molecule has 0 saturated heterocycles. The molecule has 0 unspecified atom stereocenters. The number of methoxy groups -OCH3 is 1. The Labute approximate surface area is 128 Å². The smallest absolute Gasteiger partial charge is 0.182 e. The van der Waals surface area contributed by atoms with Crippen molar-refractivity contribution >= 4 is 21.6 Å². The van der Waals surface area contributed by atoms with Crippen LogP contribution in [0.3, 0.4) is 0 Å². The van der Waals surface area contributed by atoms with Gasteiger partial charge >= 0.3 is 0 Å². The largest absolute Gasteiger partial charge is 0.507 e. The first-order valence-corrected chi connectivity index (χ1v) is 8.95. The molecule has 0 spiro atoms. The number of hydrogen-bond acceptors (Lipinski definition) is 5. The van der Waals surface area contributed by atoms with Crippen LogP contribution in [0.15, 0.2) is 58.3 Å². The number of ether oxygens (including phenoxy) is 1. The third-order valence-corrected chi connectivity index (χ3v) is 5.95. The van der Waals surface area contributed by atoms with Gasteiger partial charge in [-0.1, -0.05) is 24.3 Å². The van der Waals surface area contributed by atoms with E-state index in [1.807, 2.05) is 24.3 Å². The molecule has 112 valence electrons. The van der Waals surface area contributed by atoms with Gasteiger partial charge in [0.15, 0.2) is 9.84 Å². The fraction of sp³-hybridized carbons (Fsp3) is 0.200. The summed E-state index contributed by atoms with van der Waals surface area (Å²) in [5, 5.41) is 9.64. The Morgan fingerprint density at radius 3 is 2.48 bits per heavy atom. The Morgan fingerprint density at radius 2 is 1.76 bits per heavy atom. The van der Waals surface area contributed by atoms with Crippen molar-refractivity contribution in [3.05, 3.63) is 48.5 Å². The average Bonchev–Trinajstić information content (AvgIpc) is 2.48. The van der Waals surface area contributed by atoms with Crippen LogP contribution in [0.2, 0.25) is 0 Å². The number of phenols is 1. The normalized spacial score (nSPS) is 11.3. The van der Waals surface area contributed by atoms with Crippen LogP contribution in [-0.4, -0.2) is 32.1 Å². The molecular formula is C15H16O4S2. The molecule has 21 heavy (non-hydrogen) atoms. The molecule has 0 aromatic heterocycles. The average molecular weight is 324 g/mol. The topological polar surface area (TPSA) is 63.6 Å². The van der Waals surface area contributed by atoms with E-state index in [2.05, 4.69) is 0 Å². The monoisotopic (exact) mass is 324 g/mol. The zero-order valence-corrected chi connectivity index (χ0v) is 13.2. The molecule has 6 heteroatoms. The summed E-state index contributed by atoms with van der Waals surface area (Å²) in [7, 11) is -1.91. The first kappa shape index (κ1) is 15.7. The number of rotatable bonds is 6. The molecule has 0 radical (unpaired) electrons. The quantitative estimate of drug-likeness (QED) is 0.828. The van der Waals surface area contributed by atoms with E-state index in [0.29, 0.717) is 5.75 Å². The number of sulfone groups is 1. The third kappa shape index (κ3) is 3.92. The number of phenolic OH excluding ortho intramolecular Hbond substituents is 1. The maximum absolute atomic E-state index is 12.2. The van der Waals surface area contributed by atoms with E-state index < -0.39 is 9.84 Å². The predicted molar refractivity (Wildman–Crippen MR) is 83.9 cm³/mol. The van der Waals surface area contributed by atoms with E-state index in [9.17, 15) is 13.5 Å². The zero-order chi connectivity index (χ0) is 15.3. The first-order valence-electron chi connectivity index (χ1n) is 6.31. The van der Waals surface area contributed by atoms with Crippen molar-refractivity contribution in [1.29, 1.82) is 0 Å². The number of hydrogen-bond donors (Lipinski definition) is 1. The first-order chi connectivity index (χ1) is 10.0. The van der Waals surface area contributed by atoms with E-state index >= 15 is 0 Å². The molecule has 2 aromatic carbocycles. The van der Waals surface area contributed by atoms with Crippen molar-refractivity contribution in [3.63, 3.8) is 0 Å². The molecule has 0 aliphatic rings. The molecule has 0 saturated carbocycles. The van der Waals surface area contributed by atoms with Gasteiger partial charge < -0.3 is 9.84 Å². The van der Waals surface area contributed by atoms with Gasteiger partial charge in [0, 0.05) is 10.6 Å². The lowest BCUT2D eigenvalue weighted by atomic mass is 10.3. The van der Waals surface area contributed by atoms with Crippen LogP contribution >= 0.6 is 11.8 Å². The van der Waals surface area contributed by atoms with Crippen LogP contribution in [0.4, 0.5) is 0 Å². The van der Waals surface area contributed by atoms with Crippen LogP contribution in [-0.2, 0) is 9.84 Å². The maximum Gasteiger partial charge on any atom is 0.182 e. The number of benzene rings is 2. The molecule has 0 atom stereocenters. The second kappa shape index (κ2) is 6.87. The van der Waals surface area contributed by atoms with Gasteiger partial charge in [-0.2, -0.15) is 0 Å². The maximum atomic E-state index is 12.2. The second-order valence-electron chi connectivity index (χ2n) is 4.29. The van der Waals surface area contributed by atoms with Crippen molar-refractivity contribution in [2.75, 3.05) is 18.6 Å². The second-order valence-corrected chi connectivity index (χ2v) is 7.50. The Balaban J connectivity index is 2.05. The van der Waals surface area contributed by atoms with E-state index in [0.717, 1.165) is 10.6 Å². The minimum atomic E-state index is -3.49. The Hall–Kier alpha value is -1.66. The highest BCUT2D eigenvalue weighted by Gasteiger charge is 2.18. The van der Waals surface area contributed by atoms with Crippen LogP contribution in [0, 0.1) is 0 Å². The van der Waals surface area contributed by atoms with Gasteiger partial charge in [-0.15, -0.1) is 11.8 Å². The van der Waals surface area contributed by atoms with E-state index in [4.69, 9.17) is 4.74 Å². The summed E-state index contributed by atoms with van der Waals surface area (Å²) in [6.07, 6.45) is 0. The molecular weight excluding hydrogens is 308 g/mol. The fourth-order valence-corrected chi connectivity index (χ4v) is 4.62. The summed E-state index contributed by atoms with van der Waals surface area (Å²) < 4.78 is 29.6. The predicted octanol–water partition coefficient (Wildman–Crippen LogP) is 2.97. The molecule has 0 amide bonds. The van der Waals surface area contributed by atoms with Crippen molar-refractivity contribution in [3.8, 4) is 11.5 Å². The van der Waals surface area contributed by atoms with Crippen LogP contribution in [0.5, 0.6) is 11.5 Å². The minimum Gasteiger partial charge on any atom is -0.507 e. The van der Waals surface area contributed by atoms with Crippen LogP contribution in [0.25, 0.3) is 0 Å². The van der Waals surface area contributed by atoms with Crippen LogP contribution < -0.4 is 4.74 Å². The summed E-state index contributed by atoms with van der Waals surface area (Å²) in [5.41, 5.74) is 0. The van der Waals surface area contributed by atoms with Gasteiger partial charge in [-0.25, -0.2) is 8.42 Å². The zero-order valence-electron chi connectivity index (χ0n) is 11.5. The van der Waals surface area contributed by atoms with Gasteiger partial charge in [0.05, 0.1) is 12.9 Å². The molecule has 0 fully saturated rings. The van der Waals surface area contributed by atoms with Crippen LogP contribution in [0.1, 0.15) is 0 Å². The Kier molecular flexibility index (Phi) is 5.14. The van der Waals surface area contributed by atoms with Crippen molar-refractivity contribution < 1.29 is 18.3 Å². The fourth-order valence-electron chi connectivity index (χ4n) is 1.83. The molecule has 2 aromatic rings. The highest BCUT2D eigenvalue weighted by atomic mass is 32.2. The van der Waals surface area contributed by atoms with E-state index in [1.54, 1.807) is 19.2 Å². The Morgan fingerprint density at radius 1 is 1.10 bits per heavy atom. The minimum absolute atomic E-state index is 0.0226. The lowest BCUT2D eigenvalue weighted by Crippen LogP contribution is -2.09. The molecule has 0 aliphatic carbocycles. The molecule has 0 heterocycles. The van der Waals surface area contributed by atoms with Crippen molar-refractivity contribution in [1.82, 2.24) is 0 Å². The Bertz CT molecular complexity index is 711. The number of thioether (sulfide) groups is 1. The molecule has 4 nitrogen and oxygen atoms in total. The third-order valence-electron chi connectivity index (χ3n) is 2.88. The van der Waals surface area contributed by atoms with E-state index in [1.165, 1.54) is 23.9 Å². The van der Waals surface area contributed by atoms with Gasteiger partial charge in [0.2, 0.25) is 0 Å². The summed E-state index contributed by atoms with van der Waals surface area (Å²) in [4.78, 5) is 0.873. The van der Waals surface area contributed by atoms with Gasteiger partial charge in [0.1, 0.15) is 16.4 Å². The summed E-state index contributed by atoms with van der Waals surface area (Å²) in [6, 6.07) is 13.4. The summed E-state index contributed by atoms with van der Waals surface area (Å²) in [6.45, 7) is 0. The van der Waals surface area contributed by atoms with Gasteiger partial charge in [0.25, 0.3) is 0 Å². The highest BCUT2D eigenvalue weighted by molar-refractivity contribution is 8.00. The van der Waals surface area contributed by atoms with E-state index in [-0.39, 0.29) is 16.4 Å². The molecule has 0 aliphatic heterocycles. The summed E-state index contributed by atoms with van der Waals surface area (Å²) >= 11 is 1.41. The molecule has 1 N–H and O–H groups in total.